The lowest BCUT2D eigenvalue weighted by molar-refractivity contribution is -0.131. The lowest BCUT2D eigenvalue weighted by atomic mass is 10.1. The van der Waals surface area contributed by atoms with Gasteiger partial charge >= 0.3 is 0 Å². The Kier molecular flexibility index (Phi) is 6.94. The Morgan fingerprint density at radius 1 is 1.29 bits per heavy atom. The summed E-state index contributed by atoms with van der Waals surface area (Å²) in [6.07, 6.45) is 0.346. The second kappa shape index (κ2) is 8.94. The van der Waals surface area contributed by atoms with E-state index in [9.17, 15) is 4.79 Å². The number of benzene rings is 1. The first-order valence-electron chi connectivity index (χ1n) is 8.27. The van der Waals surface area contributed by atoms with Crippen molar-refractivity contribution in [2.24, 2.45) is 5.92 Å². The van der Waals surface area contributed by atoms with E-state index in [0.717, 1.165) is 22.8 Å². The number of carbonyl (C=O) groups excluding carboxylic acids is 1. The third-order valence-electron chi connectivity index (χ3n) is 3.69. The Labute approximate surface area is 148 Å². The molecule has 0 N–H and O–H groups in total. The van der Waals surface area contributed by atoms with Gasteiger partial charge in [-0.15, -0.1) is 11.3 Å². The van der Waals surface area contributed by atoms with E-state index in [4.69, 9.17) is 4.74 Å². The van der Waals surface area contributed by atoms with Crippen LogP contribution in [-0.2, 0) is 16.0 Å². The third kappa shape index (κ3) is 5.42. The fraction of sp³-hybridized carbons (Fsp3) is 0.474. The highest BCUT2D eigenvalue weighted by molar-refractivity contribution is 7.13. The molecule has 0 unspecified atom stereocenters. The molecule has 1 aromatic carbocycles. The van der Waals surface area contributed by atoms with E-state index in [2.05, 4.69) is 50.0 Å². The molecule has 0 fully saturated rings. The van der Waals surface area contributed by atoms with Gasteiger partial charge in [-0.3, -0.25) is 4.79 Å². The fourth-order valence-corrected chi connectivity index (χ4v) is 3.27. The molecule has 0 aliphatic heterocycles. The molecule has 0 atom stereocenters. The smallest absolute Gasteiger partial charge is 0.228 e. The van der Waals surface area contributed by atoms with Gasteiger partial charge in [0.25, 0.3) is 0 Å². The molecule has 0 saturated heterocycles. The highest BCUT2D eigenvalue weighted by atomic mass is 32.1. The molecule has 2 aromatic rings. The predicted octanol–water partition coefficient (Wildman–Crippen LogP) is 3.79. The number of aromatic nitrogens is 1. The molecule has 24 heavy (non-hydrogen) atoms. The maximum atomic E-state index is 12.6. The minimum Gasteiger partial charge on any atom is -0.383 e. The Balaban J connectivity index is 2.03. The topological polar surface area (TPSA) is 42.4 Å². The van der Waals surface area contributed by atoms with Gasteiger partial charge in [0.2, 0.25) is 5.91 Å². The Hall–Kier alpha value is -1.72. The Bertz CT molecular complexity index is 650. The van der Waals surface area contributed by atoms with Crippen LogP contribution in [0, 0.1) is 12.8 Å². The maximum absolute atomic E-state index is 12.6. The summed E-state index contributed by atoms with van der Waals surface area (Å²) in [4.78, 5) is 19.1. The van der Waals surface area contributed by atoms with Gasteiger partial charge in [0, 0.05) is 31.1 Å². The normalized spacial score (nSPS) is 11.0. The van der Waals surface area contributed by atoms with E-state index in [1.54, 1.807) is 18.4 Å². The molecule has 130 valence electrons. The van der Waals surface area contributed by atoms with Gasteiger partial charge in [-0.1, -0.05) is 43.7 Å². The number of rotatable bonds is 8. The summed E-state index contributed by atoms with van der Waals surface area (Å²) in [5.41, 5.74) is 3.17. The van der Waals surface area contributed by atoms with E-state index < -0.39 is 0 Å². The van der Waals surface area contributed by atoms with Crippen molar-refractivity contribution < 1.29 is 9.53 Å². The van der Waals surface area contributed by atoms with Crippen molar-refractivity contribution in [3.8, 4) is 10.6 Å². The van der Waals surface area contributed by atoms with Crippen molar-refractivity contribution in [2.45, 2.75) is 27.2 Å². The fourth-order valence-electron chi connectivity index (χ4n) is 2.44. The van der Waals surface area contributed by atoms with E-state index in [-0.39, 0.29) is 5.91 Å². The summed E-state index contributed by atoms with van der Waals surface area (Å²) < 4.78 is 5.12. The quantitative estimate of drug-likeness (QED) is 0.730. The standard InChI is InChI=1S/C19H26N2O2S/c1-14(2)12-21(9-10-23-4)18(22)11-17-13-24-19(20-17)16-7-5-15(3)6-8-16/h5-8,13-14H,9-12H2,1-4H3. The van der Waals surface area contributed by atoms with Gasteiger partial charge < -0.3 is 9.64 Å². The van der Waals surface area contributed by atoms with Crippen LogP contribution >= 0.6 is 11.3 Å². The second-order valence-electron chi connectivity index (χ2n) is 6.41. The number of aryl methyl sites for hydroxylation is 1. The number of carbonyl (C=O) groups is 1. The third-order valence-corrected chi connectivity index (χ3v) is 4.63. The van der Waals surface area contributed by atoms with Gasteiger partial charge in [0.1, 0.15) is 5.01 Å². The highest BCUT2D eigenvalue weighted by Gasteiger charge is 2.17. The molecule has 0 saturated carbocycles. The number of hydrogen-bond acceptors (Lipinski definition) is 4. The number of methoxy groups -OCH3 is 1. The molecule has 2 rings (SSSR count). The summed E-state index contributed by atoms with van der Waals surface area (Å²) in [5.74, 6) is 0.547. The van der Waals surface area contributed by atoms with E-state index in [1.807, 2.05) is 10.3 Å². The molecule has 0 radical (unpaired) electrons. The first-order chi connectivity index (χ1) is 11.5. The lowest BCUT2D eigenvalue weighted by Crippen LogP contribution is -2.37. The van der Waals surface area contributed by atoms with E-state index in [0.29, 0.717) is 25.5 Å². The molecule has 1 heterocycles. The van der Waals surface area contributed by atoms with Gasteiger partial charge in [0.05, 0.1) is 18.7 Å². The molecular formula is C19H26N2O2S. The van der Waals surface area contributed by atoms with Gasteiger partial charge in [-0.25, -0.2) is 4.98 Å². The average molecular weight is 346 g/mol. The largest absolute Gasteiger partial charge is 0.383 e. The minimum atomic E-state index is 0.113. The molecule has 5 heteroatoms. The van der Waals surface area contributed by atoms with Crippen LogP contribution in [0.4, 0.5) is 0 Å². The summed E-state index contributed by atoms with van der Waals surface area (Å²) >= 11 is 1.59. The van der Waals surface area contributed by atoms with Crippen LogP contribution in [0.25, 0.3) is 10.6 Å². The SMILES string of the molecule is COCCN(CC(C)C)C(=O)Cc1csc(-c2ccc(C)cc2)n1. The van der Waals surface area contributed by atoms with Gasteiger partial charge in [0.15, 0.2) is 0 Å². The molecule has 1 aromatic heterocycles. The Morgan fingerprint density at radius 3 is 2.62 bits per heavy atom. The van der Waals surface area contributed by atoms with E-state index >= 15 is 0 Å². The molecule has 0 aliphatic rings. The van der Waals surface area contributed by atoms with Crippen LogP contribution in [0.3, 0.4) is 0 Å². The first kappa shape index (κ1) is 18.6. The van der Waals surface area contributed by atoms with Crippen LogP contribution in [0.5, 0.6) is 0 Å². The minimum absolute atomic E-state index is 0.113. The number of ether oxygens (including phenoxy) is 1. The predicted molar refractivity (Wildman–Crippen MR) is 99.3 cm³/mol. The molecule has 0 aliphatic carbocycles. The number of nitrogens with zero attached hydrogens (tertiary/aromatic N) is 2. The summed E-state index contributed by atoms with van der Waals surface area (Å²) in [6.45, 7) is 8.24. The van der Waals surface area contributed by atoms with Crippen LogP contribution < -0.4 is 0 Å². The average Bonchev–Trinajstić information content (AvgIpc) is 3.00. The zero-order valence-corrected chi connectivity index (χ0v) is 15.7. The van der Waals surface area contributed by atoms with Crippen molar-refractivity contribution in [3.05, 3.63) is 40.9 Å². The van der Waals surface area contributed by atoms with E-state index in [1.165, 1.54) is 5.56 Å². The summed E-state index contributed by atoms with van der Waals surface area (Å²) in [6, 6.07) is 8.31. The molecular weight excluding hydrogens is 320 g/mol. The molecule has 0 spiro atoms. The van der Waals surface area contributed by atoms with Crippen LogP contribution in [0.15, 0.2) is 29.6 Å². The zero-order valence-electron chi connectivity index (χ0n) is 14.9. The zero-order chi connectivity index (χ0) is 17.5. The van der Waals surface area contributed by atoms with Crippen molar-refractivity contribution in [1.29, 1.82) is 0 Å². The van der Waals surface area contributed by atoms with Crippen LogP contribution in [0.2, 0.25) is 0 Å². The summed E-state index contributed by atoms with van der Waals surface area (Å²) in [5, 5.41) is 2.95. The Morgan fingerprint density at radius 2 is 2.00 bits per heavy atom. The monoisotopic (exact) mass is 346 g/mol. The number of thiazole rings is 1. The number of hydrogen-bond donors (Lipinski definition) is 0. The van der Waals surface area contributed by atoms with Crippen molar-refractivity contribution in [2.75, 3.05) is 26.8 Å². The van der Waals surface area contributed by atoms with Crippen molar-refractivity contribution in [1.82, 2.24) is 9.88 Å². The molecule has 1 amide bonds. The van der Waals surface area contributed by atoms with Gasteiger partial charge in [-0.05, 0) is 12.8 Å². The maximum Gasteiger partial charge on any atom is 0.228 e. The van der Waals surface area contributed by atoms with Crippen LogP contribution in [0.1, 0.15) is 25.1 Å². The van der Waals surface area contributed by atoms with Crippen LogP contribution in [-0.4, -0.2) is 42.6 Å². The second-order valence-corrected chi connectivity index (χ2v) is 7.27. The molecule has 0 bridgehead atoms. The van der Waals surface area contributed by atoms with Crippen molar-refractivity contribution >= 4 is 17.2 Å². The van der Waals surface area contributed by atoms with Gasteiger partial charge in [-0.2, -0.15) is 0 Å². The van der Waals surface area contributed by atoms with Crippen molar-refractivity contribution in [3.63, 3.8) is 0 Å². The summed E-state index contributed by atoms with van der Waals surface area (Å²) in [7, 11) is 1.66. The number of amides is 1. The molecule has 4 nitrogen and oxygen atoms in total. The lowest BCUT2D eigenvalue weighted by Gasteiger charge is -2.24. The first-order valence-corrected chi connectivity index (χ1v) is 9.15. The highest BCUT2D eigenvalue weighted by Crippen LogP contribution is 2.24.